The molecular weight excluding hydrogens is 312 g/mol. The summed E-state index contributed by atoms with van der Waals surface area (Å²) in [5.74, 6) is 0.804. The number of aromatic nitrogens is 2. The van der Waals surface area contributed by atoms with Gasteiger partial charge in [-0.1, -0.05) is 0 Å². The maximum absolute atomic E-state index is 10.7. The van der Waals surface area contributed by atoms with E-state index in [1.165, 1.54) is 12.1 Å². The first-order chi connectivity index (χ1) is 11.3. The molecule has 0 bridgehead atoms. The van der Waals surface area contributed by atoms with Crippen LogP contribution >= 0.6 is 0 Å². The van der Waals surface area contributed by atoms with Crippen LogP contribution in [0.15, 0.2) is 28.7 Å². The molecule has 2 aromatic rings. The fraction of sp³-hybridized carbons (Fsp3) is 0.500. The third kappa shape index (κ3) is 3.44. The van der Waals surface area contributed by atoms with E-state index >= 15 is 0 Å². The summed E-state index contributed by atoms with van der Waals surface area (Å²) in [5, 5.41) is 29.0. The summed E-state index contributed by atoms with van der Waals surface area (Å²) in [5.41, 5.74) is -0.124. The van der Waals surface area contributed by atoms with Crippen molar-refractivity contribution < 1.29 is 14.4 Å². The van der Waals surface area contributed by atoms with Crippen molar-refractivity contribution in [3.05, 3.63) is 40.3 Å². The van der Waals surface area contributed by atoms with Crippen molar-refractivity contribution in [3.63, 3.8) is 0 Å². The van der Waals surface area contributed by atoms with Gasteiger partial charge < -0.3 is 9.52 Å². The van der Waals surface area contributed by atoms with E-state index < -0.39 is 10.5 Å². The molecule has 1 fully saturated rings. The molecule has 0 radical (unpaired) electrons. The Hall–Kier alpha value is -2.32. The predicted octanol–water partition coefficient (Wildman–Crippen LogP) is 2.38. The van der Waals surface area contributed by atoms with Gasteiger partial charge >= 0.3 is 0 Å². The number of nitro benzene ring substituents is 1. The zero-order chi connectivity index (χ0) is 17.3. The second-order valence-corrected chi connectivity index (χ2v) is 6.59. The number of hydrogen-bond donors (Lipinski definition) is 1. The Labute approximate surface area is 139 Å². The molecule has 1 aromatic carbocycles. The third-order valence-corrected chi connectivity index (χ3v) is 4.31. The Morgan fingerprint density at radius 2 is 2.08 bits per heavy atom. The third-order valence-electron chi connectivity index (χ3n) is 4.31. The Balaban J connectivity index is 1.72. The highest BCUT2D eigenvalue weighted by Crippen LogP contribution is 2.28. The van der Waals surface area contributed by atoms with Gasteiger partial charge in [-0.2, -0.15) is 0 Å². The van der Waals surface area contributed by atoms with Gasteiger partial charge in [-0.25, -0.2) is 0 Å². The summed E-state index contributed by atoms with van der Waals surface area (Å²) >= 11 is 0. The zero-order valence-electron chi connectivity index (χ0n) is 13.7. The number of rotatable bonds is 5. The molecule has 1 aliphatic heterocycles. The molecule has 1 N–H and O–H groups in total. The second kappa shape index (κ2) is 6.29. The number of likely N-dealkylation sites (tertiary alicyclic amines) is 1. The van der Waals surface area contributed by atoms with Gasteiger partial charge in [0.05, 0.1) is 17.1 Å². The number of aliphatic hydroxyl groups is 1. The average molecular weight is 332 g/mol. The summed E-state index contributed by atoms with van der Waals surface area (Å²) in [6.45, 7) is 4.98. The van der Waals surface area contributed by atoms with E-state index in [-0.39, 0.29) is 11.7 Å². The molecule has 1 aromatic heterocycles. The van der Waals surface area contributed by atoms with Crippen molar-refractivity contribution in [1.82, 2.24) is 15.1 Å². The Morgan fingerprint density at radius 1 is 1.38 bits per heavy atom. The van der Waals surface area contributed by atoms with Crippen molar-refractivity contribution in [2.24, 2.45) is 0 Å². The lowest BCUT2D eigenvalue weighted by Gasteiger charge is -2.32. The first kappa shape index (κ1) is 16.5. The Bertz CT molecular complexity index is 720. The van der Waals surface area contributed by atoms with Crippen LogP contribution in [0.4, 0.5) is 5.69 Å². The Morgan fingerprint density at radius 3 is 2.71 bits per heavy atom. The lowest BCUT2D eigenvalue weighted by molar-refractivity contribution is -0.384. The molecule has 1 aliphatic rings. The van der Waals surface area contributed by atoms with Crippen LogP contribution in [0.5, 0.6) is 0 Å². The molecule has 0 aliphatic carbocycles. The summed E-state index contributed by atoms with van der Waals surface area (Å²) in [4.78, 5) is 12.4. The topological polar surface area (TPSA) is 106 Å². The quantitative estimate of drug-likeness (QED) is 0.662. The zero-order valence-corrected chi connectivity index (χ0v) is 13.7. The highest BCUT2D eigenvalue weighted by molar-refractivity contribution is 5.55. The van der Waals surface area contributed by atoms with Gasteiger partial charge in [0.15, 0.2) is 0 Å². The SMILES string of the molecule is CC(C)(O)C1CCCN1Cc1nnc(-c2ccc([N+](=O)[O-])cc2)o1. The van der Waals surface area contributed by atoms with Gasteiger partial charge in [0.1, 0.15) is 0 Å². The van der Waals surface area contributed by atoms with Gasteiger partial charge in [-0.15, -0.1) is 10.2 Å². The monoisotopic (exact) mass is 332 g/mol. The lowest BCUT2D eigenvalue weighted by Crippen LogP contribution is -2.45. The van der Waals surface area contributed by atoms with Crippen LogP contribution in [0.2, 0.25) is 0 Å². The minimum Gasteiger partial charge on any atom is -0.419 e. The molecule has 2 heterocycles. The standard InChI is InChI=1S/C16H20N4O4/c1-16(2,21)13-4-3-9-19(13)10-14-17-18-15(24-14)11-5-7-12(8-6-11)20(22)23/h5-8,13,21H,3-4,9-10H2,1-2H3. The van der Waals surface area contributed by atoms with Crippen LogP contribution in [-0.4, -0.2) is 43.3 Å². The summed E-state index contributed by atoms with van der Waals surface area (Å²) in [6, 6.07) is 6.05. The number of hydrogen-bond acceptors (Lipinski definition) is 7. The molecule has 24 heavy (non-hydrogen) atoms. The van der Waals surface area contributed by atoms with Crippen molar-refractivity contribution in [1.29, 1.82) is 0 Å². The molecule has 3 rings (SSSR count). The van der Waals surface area contributed by atoms with E-state index in [4.69, 9.17) is 4.42 Å². The first-order valence-corrected chi connectivity index (χ1v) is 7.88. The van der Waals surface area contributed by atoms with E-state index in [0.29, 0.717) is 23.9 Å². The highest BCUT2D eigenvalue weighted by Gasteiger charge is 2.36. The molecule has 0 spiro atoms. The molecule has 1 atom stereocenters. The molecule has 0 amide bonds. The average Bonchev–Trinajstić information content (AvgIpc) is 3.16. The minimum absolute atomic E-state index is 0.0172. The van der Waals surface area contributed by atoms with Crippen LogP contribution in [-0.2, 0) is 6.54 Å². The molecule has 1 unspecified atom stereocenters. The number of nitrogens with zero attached hydrogens (tertiary/aromatic N) is 4. The van der Waals surface area contributed by atoms with Gasteiger partial charge in [0, 0.05) is 23.7 Å². The number of nitro groups is 1. The van der Waals surface area contributed by atoms with E-state index in [1.54, 1.807) is 12.1 Å². The van der Waals surface area contributed by atoms with Crippen LogP contribution < -0.4 is 0 Å². The van der Waals surface area contributed by atoms with Crippen LogP contribution in [0.25, 0.3) is 11.5 Å². The second-order valence-electron chi connectivity index (χ2n) is 6.59. The molecule has 1 saturated heterocycles. The molecule has 128 valence electrons. The summed E-state index contributed by atoms with van der Waals surface area (Å²) in [7, 11) is 0. The van der Waals surface area contributed by atoms with Gasteiger partial charge in [-0.3, -0.25) is 15.0 Å². The van der Waals surface area contributed by atoms with Crippen LogP contribution in [0, 0.1) is 10.1 Å². The van der Waals surface area contributed by atoms with Crippen molar-refractivity contribution in [3.8, 4) is 11.5 Å². The van der Waals surface area contributed by atoms with Crippen molar-refractivity contribution in [2.45, 2.75) is 44.9 Å². The van der Waals surface area contributed by atoms with Crippen molar-refractivity contribution in [2.75, 3.05) is 6.54 Å². The van der Waals surface area contributed by atoms with Crippen LogP contribution in [0.1, 0.15) is 32.6 Å². The smallest absolute Gasteiger partial charge is 0.269 e. The number of non-ortho nitro benzene ring substituents is 1. The normalized spacial score (nSPS) is 18.9. The van der Waals surface area contributed by atoms with E-state index in [0.717, 1.165) is 19.4 Å². The molecule has 8 heteroatoms. The van der Waals surface area contributed by atoms with E-state index in [1.807, 2.05) is 13.8 Å². The molecular formula is C16H20N4O4. The summed E-state index contributed by atoms with van der Waals surface area (Å²) in [6.07, 6.45) is 1.96. The molecule has 8 nitrogen and oxygen atoms in total. The minimum atomic E-state index is -0.780. The number of benzene rings is 1. The maximum atomic E-state index is 10.7. The highest BCUT2D eigenvalue weighted by atomic mass is 16.6. The van der Waals surface area contributed by atoms with E-state index in [2.05, 4.69) is 15.1 Å². The maximum Gasteiger partial charge on any atom is 0.269 e. The van der Waals surface area contributed by atoms with Gasteiger partial charge in [0.2, 0.25) is 11.8 Å². The lowest BCUT2D eigenvalue weighted by atomic mass is 9.97. The summed E-state index contributed by atoms with van der Waals surface area (Å²) < 4.78 is 5.68. The predicted molar refractivity (Wildman–Crippen MR) is 86.1 cm³/mol. The Kier molecular flexibility index (Phi) is 4.33. The largest absolute Gasteiger partial charge is 0.419 e. The van der Waals surface area contributed by atoms with E-state index in [9.17, 15) is 15.2 Å². The fourth-order valence-corrected chi connectivity index (χ4v) is 3.15. The van der Waals surface area contributed by atoms with Crippen LogP contribution in [0.3, 0.4) is 0 Å². The fourth-order valence-electron chi connectivity index (χ4n) is 3.15. The van der Waals surface area contributed by atoms with Crippen molar-refractivity contribution >= 4 is 5.69 Å². The first-order valence-electron chi connectivity index (χ1n) is 7.88. The van der Waals surface area contributed by atoms with Gasteiger partial charge in [-0.05, 0) is 45.4 Å². The molecule has 0 saturated carbocycles. The van der Waals surface area contributed by atoms with Gasteiger partial charge in [0.25, 0.3) is 5.69 Å².